The number of pyridine rings is 1. The lowest BCUT2D eigenvalue weighted by Gasteiger charge is -2.15. The topological polar surface area (TPSA) is 47.0 Å². The van der Waals surface area contributed by atoms with E-state index in [4.69, 9.17) is 4.74 Å². The number of hydrogen-bond donors (Lipinski definition) is 1. The van der Waals surface area contributed by atoms with Crippen LogP contribution in [0.3, 0.4) is 0 Å². The number of ether oxygens (including phenoxy) is 1. The maximum Gasteiger partial charge on any atom is 0.218 e. The van der Waals surface area contributed by atoms with Crippen molar-refractivity contribution in [2.24, 2.45) is 0 Å². The maximum atomic E-state index is 5.73. The number of hydrogen-bond acceptors (Lipinski definition) is 5. The van der Waals surface area contributed by atoms with Gasteiger partial charge in [-0.2, -0.15) is 0 Å². The lowest BCUT2D eigenvalue weighted by Crippen LogP contribution is -2.19. The van der Waals surface area contributed by atoms with Crippen LogP contribution in [0.2, 0.25) is 0 Å². The van der Waals surface area contributed by atoms with Crippen molar-refractivity contribution in [1.82, 2.24) is 15.3 Å². The first-order valence-corrected chi connectivity index (χ1v) is 7.64. The molecule has 0 bridgehead atoms. The van der Waals surface area contributed by atoms with Crippen molar-refractivity contribution in [2.45, 2.75) is 46.4 Å². The minimum Gasteiger partial charge on any atom is -0.475 e. The summed E-state index contributed by atoms with van der Waals surface area (Å²) in [6.45, 7) is 8.92. The van der Waals surface area contributed by atoms with Gasteiger partial charge in [-0.3, -0.25) is 0 Å². The van der Waals surface area contributed by atoms with Crippen molar-refractivity contribution in [3.05, 3.63) is 40.0 Å². The number of thiazole rings is 1. The minimum atomic E-state index is 0.130. The fourth-order valence-electron chi connectivity index (χ4n) is 1.83. The fourth-order valence-corrected chi connectivity index (χ4v) is 2.64. The predicted octanol–water partition coefficient (Wildman–Crippen LogP) is 3.48. The smallest absolute Gasteiger partial charge is 0.218 e. The molecule has 0 spiro atoms. The molecule has 0 radical (unpaired) electrons. The third kappa shape index (κ3) is 4.02. The molecule has 2 rings (SSSR count). The molecule has 20 heavy (non-hydrogen) atoms. The van der Waals surface area contributed by atoms with E-state index in [1.807, 2.05) is 39.1 Å². The lowest BCUT2D eigenvalue weighted by molar-refractivity contribution is 0.229. The van der Waals surface area contributed by atoms with Gasteiger partial charge < -0.3 is 10.1 Å². The molecule has 108 valence electrons. The van der Waals surface area contributed by atoms with E-state index in [2.05, 4.69) is 22.2 Å². The normalized spacial score (nSPS) is 12.7. The Morgan fingerprint density at radius 3 is 2.75 bits per heavy atom. The quantitative estimate of drug-likeness (QED) is 0.885. The summed E-state index contributed by atoms with van der Waals surface area (Å²) in [7, 11) is 0. The Bertz CT molecular complexity index is 554. The highest BCUT2D eigenvalue weighted by Gasteiger charge is 2.11. The third-order valence-electron chi connectivity index (χ3n) is 2.86. The van der Waals surface area contributed by atoms with E-state index in [0.29, 0.717) is 5.88 Å². The molecule has 1 unspecified atom stereocenters. The van der Waals surface area contributed by atoms with E-state index in [0.717, 1.165) is 17.1 Å². The molecule has 0 saturated carbocycles. The average Bonchev–Trinajstić information content (AvgIpc) is 2.83. The molecule has 4 nitrogen and oxygen atoms in total. The van der Waals surface area contributed by atoms with Crippen molar-refractivity contribution < 1.29 is 4.74 Å². The van der Waals surface area contributed by atoms with E-state index in [9.17, 15) is 0 Å². The van der Waals surface area contributed by atoms with E-state index in [1.54, 1.807) is 17.5 Å². The highest BCUT2D eigenvalue weighted by Crippen LogP contribution is 2.21. The van der Waals surface area contributed by atoms with E-state index in [-0.39, 0.29) is 12.1 Å². The van der Waals surface area contributed by atoms with Gasteiger partial charge in [-0.25, -0.2) is 9.97 Å². The van der Waals surface area contributed by atoms with Crippen molar-refractivity contribution in [3.8, 4) is 5.88 Å². The first kappa shape index (κ1) is 14.9. The van der Waals surface area contributed by atoms with Crippen molar-refractivity contribution >= 4 is 11.3 Å². The number of rotatable bonds is 6. The van der Waals surface area contributed by atoms with Gasteiger partial charge in [0, 0.05) is 35.4 Å². The van der Waals surface area contributed by atoms with Crippen LogP contribution in [0.25, 0.3) is 0 Å². The van der Waals surface area contributed by atoms with Gasteiger partial charge in [-0.05, 0) is 33.8 Å². The Morgan fingerprint density at radius 2 is 2.10 bits per heavy atom. The first-order chi connectivity index (χ1) is 9.56. The molecule has 1 atom stereocenters. The van der Waals surface area contributed by atoms with Crippen LogP contribution in [0, 0.1) is 6.92 Å². The molecule has 0 aliphatic rings. The summed E-state index contributed by atoms with van der Waals surface area (Å²) in [5.41, 5.74) is 1.08. The van der Waals surface area contributed by atoms with Crippen LogP contribution in [0.4, 0.5) is 0 Å². The Hall–Kier alpha value is -1.46. The Balaban J connectivity index is 2.00. The van der Waals surface area contributed by atoms with E-state index >= 15 is 0 Å². The molecule has 0 fully saturated rings. The van der Waals surface area contributed by atoms with Crippen LogP contribution >= 0.6 is 11.3 Å². The average molecular weight is 291 g/mol. The fraction of sp³-hybridized carbons (Fsp3) is 0.467. The molecule has 2 aromatic heterocycles. The van der Waals surface area contributed by atoms with Gasteiger partial charge in [0.05, 0.1) is 11.1 Å². The molecule has 2 aromatic rings. The summed E-state index contributed by atoms with van der Waals surface area (Å²) in [5.74, 6) is 0.711. The summed E-state index contributed by atoms with van der Waals surface area (Å²) < 4.78 is 5.73. The SMILES string of the molecule is Cc1ncc(C(C)NCc2cccnc2OC(C)C)s1. The van der Waals surface area contributed by atoms with Crippen molar-refractivity contribution in [3.63, 3.8) is 0 Å². The summed E-state index contributed by atoms with van der Waals surface area (Å²) in [6.07, 6.45) is 3.83. The monoisotopic (exact) mass is 291 g/mol. The van der Waals surface area contributed by atoms with Gasteiger partial charge in [-0.1, -0.05) is 6.07 Å². The molecule has 5 heteroatoms. The molecule has 2 heterocycles. The van der Waals surface area contributed by atoms with Gasteiger partial charge in [0.25, 0.3) is 0 Å². The molecule has 1 N–H and O–H groups in total. The number of aromatic nitrogens is 2. The molecule has 0 aliphatic carbocycles. The first-order valence-electron chi connectivity index (χ1n) is 6.82. The summed E-state index contributed by atoms with van der Waals surface area (Å²) in [4.78, 5) is 9.84. The number of nitrogens with zero attached hydrogens (tertiary/aromatic N) is 2. The Labute approximate surface area is 124 Å². The second-order valence-electron chi connectivity index (χ2n) is 5.02. The van der Waals surface area contributed by atoms with Crippen LogP contribution in [-0.4, -0.2) is 16.1 Å². The third-order valence-corrected chi connectivity index (χ3v) is 3.96. The Morgan fingerprint density at radius 1 is 1.30 bits per heavy atom. The standard InChI is InChI=1S/C15H21N3OS/c1-10(2)19-15-13(6-5-7-16-15)8-17-11(3)14-9-18-12(4)20-14/h5-7,9-11,17H,8H2,1-4H3. The molecular formula is C15H21N3OS. The molecule has 0 aliphatic heterocycles. The molecular weight excluding hydrogens is 270 g/mol. The second-order valence-corrected chi connectivity index (χ2v) is 6.28. The van der Waals surface area contributed by atoms with Gasteiger partial charge >= 0.3 is 0 Å². The van der Waals surface area contributed by atoms with Crippen LogP contribution in [0.5, 0.6) is 5.88 Å². The highest BCUT2D eigenvalue weighted by molar-refractivity contribution is 7.11. The van der Waals surface area contributed by atoms with Gasteiger partial charge in [0.2, 0.25) is 5.88 Å². The number of aryl methyl sites for hydroxylation is 1. The number of nitrogens with one attached hydrogen (secondary N) is 1. The van der Waals surface area contributed by atoms with Crippen LogP contribution < -0.4 is 10.1 Å². The second kappa shape index (κ2) is 6.81. The maximum absolute atomic E-state index is 5.73. The van der Waals surface area contributed by atoms with E-state index < -0.39 is 0 Å². The van der Waals surface area contributed by atoms with Gasteiger partial charge in [-0.15, -0.1) is 11.3 Å². The minimum absolute atomic E-state index is 0.130. The highest BCUT2D eigenvalue weighted by atomic mass is 32.1. The summed E-state index contributed by atoms with van der Waals surface area (Å²) in [6, 6.07) is 4.25. The Kier molecular flexibility index (Phi) is 5.09. The van der Waals surface area contributed by atoms with E-state index in [1.165, 1.54) is 4.88 Å². The molecule has 0 aromatic carbocycles. The zero-order valence-electron chi connectivity index (χ0n) is 12.4. The molecule has 0 saturated heterocycles. The van der Waals surface area contributed by atoms with Crippen LogP contribution in [-0.2, 0) is 6.54 Å². The predicted molar refractivity (Wildman–Crippen MR) is 82.1 cm³/mol. The van der Waals surface area contributed by atoms with Gasteiger partial charge in [0.1, 0.15) is 0 Å². The van der Waals surface area contributed by atoms with Gasteiger partial charge in [0.15, 0.2) is 0 Å². The van der Waals surface area contributed by atoms with Crippen LogP contribution in [0.1, 0.15) is 42.3 Å². The zero-order chi connectivity index (χ0) is 14.5. The molecule has 0 amide bonds. The van der Waals surface area contributed by atoms with Crippen molar-refractivity contribution in [1.29, 1.82) is 0 Å². The summed E-state index contributed by atoms with van der Waals surface area (Å²) >= 11 is 1.73. The van der Waals surface area contributed by atoms with Crippen LogP contribution in [0.15, 0.2) is 24.5 Å². The lowest BCUT2D eigenvalue weighted by atomic mass is 10.2. The zero-order valence-corrected chi connectivity index (χ0v) is 13.2. The largest absolute Gasteiger partial charge is 0.475 e. The summed E-state index contributed by atoms with van der Waals surface area (Å²) in [5, 5.41) is 4.59. The van der Waals surface area contributed by atoms with Crippen molar-refractivity contribution in [2.75, 3.05) is 0 Å².